The Morgan fingerprint density at radius 2 is 2.00 bits per heavy atom. The van der Waals surface area contributed by atoms with Crippen molar-refractivity contribution >= 4 is 45.7 Å². The summed E-state index contributed by atoms with van der Waals surface area (Å²) in [5.41, 5.74) is 0.888. The average molecular weight is 378 g/mol. The van der Waals surface area contributed by atoms with Gasteiger partial charge in [0.25, 0.3) is 0 Å². The van der Waals surface area contributed by atoms with Crippen LogP contribution in [0.5, 0.6) is 11.6 Å². The van der Waals surface area contributed by atoms with Gasteiger partial charge in [0, 0.05) is 10.4 Å². The Morgan fingerprint density at radius 3 is 2.76 bits per heavy atom. The van der Waals surface area contributed by atoms with E-state index in [-0.39, 0.29) is 11.6 Å². The van der Waals surface area contributed by atoms with Crippen molar-refractivity contribution in [1.82, 2.24) is 4.98 Å². The van der Waals surface area contributed by atoms with Gasteiger partial charge in [-0.3, -0.25) is 4.79 Å². The van der Waals surface area contributed by atoms with E-state index in [9.17, 15) is 9.90 Å². The highest BCUT2D eigenvalue weighted by atomic mass is 35.5. The van der Waals surface area contributed by atoms with Crippen LogP contribution < -0.4 is 4.74 Å². The van der Waals surface area contributed by atoms with Crippen molar-refractivity contribution in [2.24, 2.45) is 10.2 Å². The first kappa shape index (κ1) is 17.3. The Balaban J connectivity index is 1.76. The van der Waals surface area contributed by atoms with Crippen molar-refractivity contribution in [1.29, 1.82) is 0 Å². The number of azo groups is 1. The molecule has 0 aliphatic rings. The summed E-state index contributed by atoms with van der Waals surface area (Å²) in [6.07, 6.45) is -0.908. The second-order valence-electron chi connectivity index (χ2n) is 5.24. The predicted octanol–water partition coefficient (Wildman–Crippen LogP) is 5.26. The first-order chi connectivity index (χ1) is 12.0. The summed E-state index contributed by atoms with van der Waals surface area (Å²) in [4.78, 5) is 14.9. The summed E-state index contributed by atoms with van der Waals surface area (Å²) >= 11 is 11.8. The minimum atomic E-state index is -0.908. The van der Waals surface area contributed by atoms with Gasteiger partial charge < -0.3 is 14.8 Å². The van der Waals surface area contributed by atoms with Crippen LogP contribution in [0, 0.1) is 0 Å². The fraction of sp³-hybridized carbons (Fsp3) is 0.118. The van der Waals surface area contributed by atoms with Gasteiger partial charge in [-0.2, -0.15) is 0 Å². The van der Waals surface area contributed by atoms with Crippen LogP contribution >= 0.6 is 23.2 Å². The molecule has 128 valence electrons. The van der Waals surface area contributed by atoms with E-state index in [1.165, 1.54) is 13.0 Å². The molecule has 0 aliphatic carbocycles. The number of carbonyl (C=O) groups is 1. The summed E-state index contributed by atoms with van der Waals surface area (Å²) in [7, 11) is 0. The van der Waals surface area contributed by atoms with Crippen molar-refractivity contribution in [3.63, 3.8) is 0 Å². The molecule has 1 heterocycles. The maximum atomic E-state index is 12.1. The van der Waals surface area contributed by atoms with E-state index in [0.29, 0.717) is 26.7 Å². The normalized spacial score (nSPS) is 12.6. The van der Waals surface area contributed by atoms with Gasteiger partial charge in [0.05, 0.1) is 10.5 Å². The van der Waals surface area contributed by atoms with E-state index in [2.05, 4.69) is 15.2 Å². The van der Waals surface area contributed by atoms with Gasteiger partial charge in [-0.1, -0.05) is 41.4 Å². The Labute approximate surface area is 153 Å². The maximum Gasteiger partial charge on any atom is 0.304 e. The number of carbonyl (C=O) groups excluding carboxylic acids is 1. The number of hydrogen-bond acceptors (Lipinski definition) is 4. The molecule has 6 nitrogen and oxygen atoms in total. The Kier molecular flexibility index (Phi) is 4.92. The zero-order valence-corrected chi connectivity index (χ0v) is 14.5. The number of aromatic nitrogens is 1. The SMILES string of the molecule is C[C@@H](Oc1ccc(Cl)cc1Cl)C(=O)N=Nc1c(O)[nH]c2ccccc12. The topological polar surface area (TPSA) is 87.0 Å². The predicted molar refractivity (Wildman–Crippen MR) is 96.0 cm³/mol. The highest BCUT2D eigenvalue weighted by Crippen LogP contribution is 2.35. The lowest BCUT2D eigenvalue weighted by molar-refractivity contribution is -0.124. The summed E-state index contributed by atoms with van der Waals surface area (Å²) in [5.74, 6) is -0.458. The number of hydrogen-bond donors (Lipinski definition) is 2. The standard InChI is InChI=1S/C17H13Cl2N3O3/c1-9(25-14-7-6-10(18)8-12(14)19)16(23)22-21-15-11-4-2-3-5-13(11)20-17(15)24/h2-9,20,24H,1H3/t9-/m1/s1. The largest absolute Gasteiger partial charge is 0.493 e. The van der Waals surface area contributed by atoms with Gasteiger partial charge in [0.2, 0.25) is 5.88 Å². The quantitative estimate of drug-likeness (QED) is 0.607. The number of fused-ring (bicyclic) bond motifs is 1. The minimum Gasteiger partial charge on any atom is -0.493 e. The van der Waals surface area contributed by atoms with E-state index >= 15 is 0 Å². The monoisotopic (exact) mass is 377 g/mol. The molecule has 8 heteroatoms. The van der Waals surface area contributed by atoms with Crippen LogP contribution in [0.25, 0.3) is 10.9 Å². The lowest BCUT2D eigenvalue weighted by Crippen LogP contribution is -2.21. The number of amides is 1. The van der Waals surface area contributed by atoms with Gasteiger partial charge in [-0.25, -0.2) is 0 Å². The van der Waals surface area contributed by atoms with E-state index in [0.717, 1.165) is 0 Å². The van der Waals surface area contributed by atoms with Crippen molar-refractivity contribution in [3.05, 3.63) is 52.5 Å². The Morgan fingerprint density at radius 1 is 1.24 bits per heavy atom. The number of para-hydroxylation sites is 1. The van der Waals surface area contributed by atoms with Gasteiger partial charge in [0.1, 0.15) is 5.75 Å². The number of benzene rings is 2. The number of rotatable bonds is 4. The zero-order valence-electron chi connectivity index (χ0n) is 13.0. The third-order valence-corrected chi connectivity index (χ3v) is 3.98. The summed E-state index contributed by atoms with van der Waals surface area (Å²) in [6, 6.07) is 11.8. The smallest absolute Gasteiger partial charge is 0.304 e. The molecule has 2 N–H and O–H groups in total. The Bertz CT molecular complexity index is 969. The van der Waals surface area contributed by atoms with Crippen LogP contribution in [-0.4, -0.2) is 22.1 Å². The van der Waals surface area contributed by atoms with Crippen molar-refractivity contribution in [2.45, 2.75) is 13.0 Å². The molecule has 25 heavy (non-hydrogen) atoms. The molecule has 0 radical (unpaired) electrons. The molecule has 1 atom stereocenters. The molecule has 1 amide bonds. The molecular weight excluding hydrogens is 365 g/mol. The first-order valence-electron chi connectivity index (χ1n) is 7.32. The van der Waals surface area contributed by atoms with Crippen LogP contribution in [0.3, 0.4) is 0 Å². The number of nitrogens with zero attached hydrogens (tertiary/aromatic N) is 2. The van der Waals surface area contributed by atoms with E-state index in [4.69, 9.17) is 27.9 Å². The van der Waals surface area contributed by atoms with E-state index in [1.54, 1.807) is 30.3 Å². The van der Waals surface area contributed by atoms with Gasteiger partial charge >= 0.3 is 5.91 Å². The summed E-state index contributed by atoms with van der Waals surface area (Å²) < 4.78 is 5.49. The fourth-order valence-electron chi connectivity index (χ4n) is 2.21. The highest BCUT2D eigenvalue weighted by molar-refractivity contribution is 6.35. The first-order valence-corrected chi connectivity index (χ1v) is 8.08. The molecule has 0 spiro atoms. The number of aromatic hydroxyl groups is 1. The van der Waals surface area contributed by atoms with Gasteiger partial charge in [-0.05, 0) is 31.2 Å². The highest BCUT2D eigenvalue weighted by Gasteiger charge is 2.17. The molecule has 0 fully saturated rings. The number of H-pyrrole nitrogens is 1. The lowest BCUT2D eigenvalue weighted by Gasteiger charge is -2.12. The average Bonchev–Trinajstić information content (AvgIpc) is 2.90. The van der Waals surface area contributed by atoms with E-state index in [1.807, 2.05) is 6.07 Å². The molecule has 0 saturated heterocycles. The van der Waals surface area contributed by atoms with E-state index < -0.39 is 12.0 Å². The van der Waals surface area contributed by atoms with Gasteiger partial charge in [0.15, 0.2) is 11.8 Å². The molecule has 0 aliphatic heterocycles. The fourth-order valence-corrected chi connectivity index (χ4v) is 2.66. The summed E-state index contributed by atoms with van der Waals surface area (Å²) in [5, 5.41) is 18.8. The molecule has 3 rings (SSSR count). The van der Waals surface area contributed by atoms with Crippen LogP contribution in [0.15, 0.2) is 52.7 Å². The van der Waals surface area contributed by atoms with Crippen molar-refractivity contribution in [2.75, 3.05) is 0 Å². The molecule has 1 aromatic heterocycles. The molecule has 0 saturated carbocycles. The number of aromatic amines is 1. The second-order valence-corrected chi connectivity index (χ2v) is 6.08. The third kappa shape index (κ3) is 3.75. The van der Waals surface area contributed by atoms with Crippen molar-refractivity contribution < 1.29 is 14.6 Å². The molecule has 2 aromatic carbocycles. The van der Waals surface area contributed by atoms with Crippen molar-refractivity contribution in [3.8, 4) is 11.6 Å². The maximum absolute atomic E-state index is 12.1. The third-order valence-electron chi connectivity index (χ3n) is 3.45. The minimum absolute atomic E-state index is 0.160. The second kappa shape index (κ2) is 7.13. The molecular formula is C17H13Cl2N3O3. The van der Waals surface area contributed by atoms with Gasteiger partial charge in [-0.15, -0.1) is 10.2 Å². The van der Waals surface area contributed by atoms with Crippen LogP contribution in [0.1, 0.15) is 6.92 Å². The molecule has 3 aromatic rings. The lowest BCUT2D eigenvalue weighted by atomic mass is 10.2. The summed E-state index contributed by atoms with van der Waals surface area (Å²) in [6.45, 7) is 1.53. The zero-order chi connectivity index (χ0) is 18.0. The van der Waals surface area contributed by atoms with Crippen LogP contribution in [0.2, 0.25) is 10.0 Å². The molecule has 0 bridgehead atoms. The van der Waals surface area contributed by atoms with Crippen LogP contribution in [0.4, 0.5) is 5.69 Å². The Hall–Kier alpha value is -2.57. The number of halogens is 2. The number of nitrogens with one attached hydrogen (secondary N) is 1. The molecule has 0 unspecified atom stereocenters. The van der Waals surface area contributed by atoms with Crippen LogP contribution in [-0.2, 0) is 4.79 Å². The number of ether oxygens (including phenoxy) is 1.